The number of nitrogens with one attached hydrogen (secondary N) is 1. The van der Waals surface area contributed by atoms with Crippen molar-refractivity contribution in [3.05, 3.63) is 42.0 Å². The molecular weight excluding hydrogens is 368 g/mol. The normalized spacial score (nSPS) is 13.0. The number of methoxy groups -OCH3 is 1. The van der Waals surface area contributed by atoms with Crippen molar-refractivity contribution in [3.63, 3.8) is 0 Å². The number of rotatable bonds is 4. The van der Waals surface area contributed by atoms with Gasteiger partial charge in [-0.05, 0) is 48.9 Å². The summed E-state index contributed by atoms with van der Waals surface area (Å²) in [7, 11) is -1.75. The minimum atomic E-state index is -3.33. The number of hydrogen-bond acceptors (Lipinski definition) is 6. The first-order valence-electron chi connectivity index (χ1n) is 8.21. The third-order valence-electron chi connectivity index (χ3n) is 4.27. The molecule has 4 rings (SSSR count). The lowest BCUT2D eigenvalue weighted by Crippen LogP contribution is -2.09. The minimum Gasteiger partial charge on any atom is -0.493 e. The standard InChI is InChI=1S/C19H18N2O5S/c1-11-6-16(12-7-17(24-2)19-18(8-12)25-10-26-19)20-15-5-4-13(9-14(11)15)21-27(3,22)23/h4-9,21H,10H2,1-3H3. The van der Waals surface area contributed by atoms with Crippen LogP contribution in [-0.2, 0) is 10.0 Å². The van der Waals surface area contributed by atoms with Gasteiger partial charge in [0.1, 0.15) is 0 Å². The highest BCUT2D eigenvalue weighted by Gasteiger charge is 2.21. The highest BCUT2D eigenvalue weighted by Crippen LogP contribution is 2.44. The molecular formula is C19H18N2O5S. The van der Waals surface area contributed by atoms with E-state index in [1.165, 1.54) is 0 Å². The van der Waals surface area contributed by atoms with Crippen LogP contribution in [0.15, 0.2) is 36.4 Å². The molecule has 0 aliphatic carbocycles. The first kappa shape index (κ1) is 17.4. The average molecular weight is 386 g/mol. The van der Waals surface area contributed by atoms with Crippen molar-refractivity contribution in [1.82, 2.24) is 4.98 Å². The number of hydrogen-bond donors (Lipinski definition) is 1. The maximum Gasteiger partial charge on any atom is 0.231 e. The van der Waals surface area contributed by atoms with Crippen LogP contribution < -0.4 is 18.9 Å². The Hall–Kier alpha value is -3.00. The van der Waals surface area contributed by atoms with Crippen LogP contribution in [-0.4, -0.2) is 33.6 Å². The number of benzene rings is 2. The number of aryl methyl sites for hydroxylation is 1. The van der Waals surface area contributed by atoms with Crippen molar-refractivity contribution in [2.45, 2.75) is 6.92 Å². The molecule has 1 aliphatic heterocycles. The van der Waals surface area contributed by atoms with Gasteiger partial charge in [-0.3, -0.25) is 4.72 Å². The smallest absolute Gasteiger partial charge is 0.231 e. The lowest BCUT2D eigenvalue weighted by atomic mass is 10.0. The Bertz CT molecular complexity index is 1160. The quantitative estimate of drug-likeness (QED) is 0.740. The van der Waals surface area contributed by atoms with Gasteiger partial charge in [0.25, 0.3) is 0 Å². The van der Waals surface area contributed by atoms with Gasteiger partial charge >= 0.3 is 0 Å². The van der Waals surface area contributed by atoms with Crippen LogP contribution in [0, 0.1) is 6.92 Å². The number of pyridine rings is 1. The van der Waals surface area contributed by atoms with Crippen molar-refractivity contribution in [2.24, 2.45) is 0 Å². The van der Waals surface area contributed by atoms with Crippen molar-refractivity contribution < 1.29 is 22.6 Å². The van der Waals surface area contributed by atoms with E-state index in [0.717, 1.165) is 34.0 Å². The SMILES string of the molecule is COc1cc(-c2cc(C)c3cc(NS(C)(=O)=O)ccc3n2)cc2c1OCO2. The molecule has 1 aliphatic rings. The van der Waals surface area contributed by atoms with E-state index in [4.69, 9.17) is 19.2 Å². The molecule has 3 aromatic rings. The lowest BCUT2D eigenvalue weighted by Gasteiger charge is -2.11. The van der Waals surface area contributed by atoms with Crippen molar-refractivity contribution in [2.75, 3.05) is 24.9 Å². The van der Waals surface area contributed by atoms with Crippen LogP contribution >= 0.6 is 0 Å². The number of aromatic nitrogens is 1. The van der Waals surface area contributed by atoms with Crippen LogP contribution in [0.2, 0.25) is 0 Å². The van der Waals surface area contributed by atoms with Crippen molar-refractivity contribution in [1.29, 1.82) is 0 Å². The van der Waals surface area contributed by atoms with E-state index in [0.29, 0.717) is 22.9 Å². The maximum atomic E-state index is 11.5. The third-order valence-corrected chi connectivity index (χ3v) is 4.88. The molecule has 0 bridgehead atoms. The predicted octanol–water partition coefficient (Wildman–Crippen LogP) is 3.32. The summed E-state index contributed by atoms with van der Waals surface area (Å²) in [4.78, 5) is 4.72. The van der Waals surface area contributed by atoms with Gasteiger partial charge in [-0.25, -0.2) is 13.4 Å². The van der Waals surface area contributed by atoms with Crippen LogP contribution in [0.1, 0.15) is 5.56 Å². The van der Waals surface area contributed by atoms with Crippen molar-refractivity contribution >= 4 is 26.6 Å². The van der Waals surface area contributed by atoms with Gasteiger partial charge in [0.05, 0.1) is 24.6 Å². The summed E-state index contributed by atoms with van der Waals surface area (Å²) in [6.45, 7) is 2.12. The molecule has 0 amide bonds. The van der Waals surface area contributed by atoms with Gasteiger partial charge in [0.2, 0.25) is 22.6 Å². The van der Waals surface area contributed by atoms with Crippen LogP contribution in [0.4, 0.5) is 5.69 Å². The Morgan fingerprint density at radius 1 is 1.15 bits per heavy atom. The monoisotopic (exact) mass is 386 g/mol. The van der Waals surface area contributed by atoms with Gasteiger partial charge in [0, 0.05) is 16.6 Å². The van der Waals surface area contributed by atoms with E-state index in [1.54, 1.807) is 25.3 Å². The van der Waals surface area contributed by atoms with Crippen LogP contribution in [0.25, 0.3) is 22.2 Å². The molecule has 0 spiro atoms. The molecule has 2 aromatic carbocycles. The highest BCUT2D eigenvalue weighted by molar-refractivity contribution is 7.92. The summed E-state index contributed by atoms with van der Waals surface area (Å²) in [5.74, 6) is 1.80. The number of sulfonamides is 1. The maximum absolute atomic E-state index is 11.5. The van der Waals surface area contributed by atoms with Crippen LogP contribution in [0.3, 0.4) is 0 Å². The molecule has 7 nitrogen and oxygen atoms in total. The van der Waals surface area contributed by atoms with Crippen molar-refractivity contribution in [3.8, 4) is 28.5 Å². The number of fused-ring (bicyclic) bond motifs is 2. The van der Waals surface area contributed by atoms with E-state index < -0.39 is 10.0 Å². The Labute approximate surface area is 156 Å². The van der Waals surface area contributed by atoms with E-state index in [-0.39, 0.29) is 6.79 Å². The molecule has 0 unspecified atom stereocenters. The summed E-state index contributed by atoms with van der Waals surface area (Å²) in [6, 6.07) is 11.0. The topological polar surface area (TPSA) is 86.8 Å². The molecule has 140 valence electrons. The lowest BCUT2D eigenvalue weighted by molar-refractivity contribution is 0.171. The number of nitrogens with zero attached hydrogens (tertiary/aromatic N) is 1. The van der Waals surface area contributed by atoms with Gasteiger partial charge in [-0.2, -0.15) is 0 Å². The van der Waals surface area contributed by atoms with Gasteiger partial charge in [0.15, 0.2) is 11.5 Å². The molecule has 8 heteroatoms. The largest absolute Gasteiger partial charge is 0.493 e. The van der Waals surface area contributed by atoms with Gasteiger partial charge < -0.3 is 14.2 Å². The van der Waals surface area contributed by atoms with E-state index >= 15 is 0 Å². The number of ether oxygens (including phenoxy) is 3. The molecule has 0 saturated heterocycles. The molecule has 0 fully saturated rings. The second-order valence-electron chi connectivity index (χ2n) is 6.34. The predicted molar refractivity (Wildman–Crippen MR) is 103 cm³/mol. The summed E-state index contributed by atoms with van der Waals surface area (Å²) in [5.41, 5.74) is 3.86. The molecule has 2 heterocycles. The summed E-state index contributed by atoms with van der Waals surface area (Å²) < 4.78 is 41.7. The Morgan fingerprint density at radius 3 is 2.70 bits per heavy atom. The Balaban J connectivity index is 1.81. The summed E-state index contributed by atoms with van der Waals surface area (Å²) >= 11 is 0. The zero-order chi connectivity index (χ0) is 19.2. The molecule has 0 saturated carbocycles. The van der Waals surface area contributed by atoms with Crippen LogP contribution in [0.5, 0.6) is 17.2 Å². The molecule has 0 atom stereocenters. The minimum absolute atomic E-state index is 0.162. The fraction of sp³-hybridized carbons (Fsp3) is 0.211. The summed E-state index contributed by atoms with van der Waals surface area (Å²) in [5, 5.41) is 0.875. The van der Waals surface area contributed by atoms with Gasteiger partial charge in [-0.15, -0.1) is 0 Å². The Morgan fingerprint density at radius 2 is 1.96 bits per heavy atom. The molecule has 0 radical (unpaired) electrons. The fourth-order valence-electron chi connectivity index (χ4n) is 3.10. The van der Waals surface area contributed by atoms with Gasteiger partial charge in [-0.1, -0.05) is 0 Å². The molecule has 27 heavy (non-hydrogen) atoms. The highest BCUT2D eigenvalue weighted by atomic mass is 32.2. The zero-order valence-corrected chi connectivity index (χ0v) is 15.9. The second kappa shape index (κ2) is 6.31. The fourth-order valence-corrected chi connectivity index (χ4v) is 3.65. The Kier molecular flexibility index (Phi) is 4.07. The van der Waals surface area contributed by atoms with E-state index in [2.05, 4.69) is 4.72 Å². The first-order valence-corrected chi connectivity index (χ1v) is 10.1. The molecule has 1 aromatic heterocycles. The summed E-state index contributed by atoms with van der Waals surface area (Å²) in [6.07, 6.45) is 1.12. The second-order valence-corrected chi connectivity index (χ2v) is 8.09. The zero-order valence-electron chi connectivity index (χ0n) is 15.1. The molecule has 1 N–H and O–H groups in total. The van der Waals surface area contributed by atoms with E-state index in [1.807, 2.05) is 25.1 Å². The van der Waals surface area contributed by atoms with E-state index in [9.17, 15) is 8.42 Å². The average Bonchev–Trinajstić information content (AvgIpc) is 3.08. The third kappa shape index (κ3) is 3.35. The first-order chi connectivity index (χ1) is 12.8. The number of anilines is 1.